The molecule has 1 aromatic heterocycles. The molecule has 0 radical (unpaired) electrons. The van der Waals surface area contributed by atoms with Gasteiger partial charge in [-0.1, -0.05) is 6.92 Å². The number of carbonyl (C=O) groups excluding carboxylic acids is 1. The Hall–Kier alpha value is -1.85. The number of furan rings is 1. The summed E-state index contributed by atoms with van der Waals surface area (Å²) in [4.78, 5) is 10.9. The number of allylic oxidation sites excluding steroid dienone is 1. The lowest BCUT2D eigenvalue weighted by atomic mass is 10.2. The Kier molecular flexibility index (Phi) is 4.65. The number of carbonyl (C=O) groups is 1. The summed E-state index contributed by atoms with van der Waals surface area (Å²) in [6.07, 6.45) is 2.66. The molecule has 0 unspecified atom stereocenters. The van der Waals surface area contributed by atoms with E-state index in [1.54, 1.807) is 43.3 Å². The van der Waals surface area contributed by atoms with E-state index < -0.39 is 15.1 Å². The molecule has 0 aliphatic carbocycles. The van der Waals surface area contributed by atoms with Crippen molar-refractivity contribution in [2.45, 2.75) is 11.8 Å². The van der Waals surface area contributed by atoms with Crippen LogP contribution in [0.1, 0.15) is 12.7 Å². The minimum absolute atomic E-state index is 0.0640. The number of hydrogen-bond acceptors (Lipinski definition) is 4. The smallest absolute Gasteiger partial charge is 0.245 e. The van der Waals surface area contributed by atoms with Gasteiger partial charge in [0.05, 0.1) is 10.6 Å². The summed E-state index contributed by atoms with van der Waals surface area (Å²) in [5.74, 6) is 1.13. The summed E-state index contributed by atoms with van der Waals surface area (Å²) < 4.78 is 29.0. The third-order valence-electron chi connectivity index (χ3n) is 2.88. The molecule has 0 aliphatic rings. The second-order valence-electron chi connectivity index (χ2n) is 4.27. The van der Waals surface area contributed by atoms with Gasteiger partial charge in [-0.25, -0.2) is 8.42 Å². The van der Waals surface area contributed by atoms with Crippen molar-refractivity contribution in [3.63, 3.8) is 0 Å². The van der Waals surface area contributed by atoms with Gasteiger partial charge in [0.2, 0.25) is 5.24 Å². The molecule has 0 atom stereocenters. The maximum atomic E-state index is 11.7. The molecule has 4 nitrogen and oxygen atoms in total. The maximum Gasteiger partial charge on any atom is 0.245 e. The lowest BCUT2D eigenvalue weighted by Crippen LogP contribution is -2.02. The van der Waals surface area contributed by atoms with E-state index in [4.69, 9.17) is 16.0 Å². The van der Waals surface area contributed by atoms with Gasteiger partial charge in [-0.3, -0.25) is 4.79 Å². The Balaban J connectivity index is 2.26. The molecule has 1 aromatic carbocycles. The molecule has 0 fully saturated rings. The molecule has 21 heavy (non-hydrogen) atoms. The van der Waals surface area contributed by atoms with Crippen molar-refractivity contribution in [1.82, 2.24) is 0 Å². The zero-order valence-corrected chi connectivity index (χ0v) is 12.8. The molecule has 0 amide bonds. The summed E-state index contributed by atoms with van der Waals surface area (Å²) in [6.45, 7) is 1.60. The summed E-state index contributed by atoms with van der Waals surface area (Å²) in [6, 6.07) is 9.90. The standard InChI is InChI=1S/C15H13ClO4S/c1-2-21(18,19)13-7-3-11(4-8-13)14-9-5-12(20-14)6-10-15(16)17/h3-10H,2H2,1H3/b10-6+. The Morgan fingerprint density at radius 2 is 1.86 bits per heavy atom. The highest BCUT2D eigenvalue weighted by Gasteiger charge is 2.11. The van der Waals surface area contributed by atoms with Crippen LogP contribution in [0.5, 0.6) is 0 Å². The molecular formula is C15H13ClO4S. The minimum atomic E-state index is -3.20. The summed E-state index contributed by atoms with van der Waals surface area (Å²) in [5, 5.41) is -0.581. The van der Waals surface area contributed by atoms with Crippen molar-refractivity contribution in [2.75, 3.05) is 5.75 Å². The largest absolute Gasteiger partial charge is 0.457 e. The van der Waals surface area contributed by atoms with E-state index >= 15 is 0 Å². The second-order valence-corrected chi connectivity index (χ2v) is 6.92. The Labute approximate surface area is 128 Å². The van der Waals surface area contributed by atoms with Crippen LogP contribution in [0.2, 0.25) is 0 Å². The Morgan fingerprint density at radius 3 is 2.43 bits per heavy atom. The molecule has 0 saturated heterocycles. The van der Waals surface area contributed by atoms with E-state index in [0.29, 0.717) is 11.5 Å². The maximum absolute atomic E-state index is 11.7. The van der Waals surface area contributed by atoms with Crippen LogP contribution in [0.3, 0.4) is 0 Å². The minimum Gasteiger partial charge on any atom is -0.457 e. The third-order valence-corrected chi connectivity index (χ3v) is 4.76. The van der Waals surface area contributed by atoms with Crippen LogP contribution in [0, 0.1) is 0 Å². The fourth-order valence-corrected chi connectivity index (χ4v) is 2.69. The number of sulfone groups is 1. The van der Waals surface area contributed by atoms with Crippen LogP contribution in [0.25, 0.3) is 17.4 Å². The zero-order valence-electron chi connectivity index (χ0n) is 11.2. The van der Waals surface area contributed by atoms with E-state index in [9.17, 15) is 13.2 Å². The highest BCUT2D eigenvalue weighted by Crippen LogP contribution is 2.24. The van der Waals surface area contributed by atoms with Gasteiger partial charge < -0.3 is 4.42 Å². The highest BCUT2D eigenvalue weighted by molar-refractivity contribution is 7.91. The fraction of sp³-hybridized carbons (Fsp3) is 0.133. The van der Waals surface area contributed by atoms with Crippen LogP contribution < -0.4 is 0 Å². The van der Waals surface area contributed by atoms with Gasteiger partial charge in [0.1, 0.15) is 11.5 Å². The molecule has 0 N–H and O–H groups in total. The highest BCUT2D eigenvalue weighted by atomic mass is 35.5. The molecule has 2 aromatic rings. The van der Waals surface area contributed by atoms with Crippen molar-refractivity contribution < 1.29 is 17.6 Å². The summed E-state index contributed by atoms with van der Waals surface area (Å²) in [5.41, 5.74) is 0.752. The monoisotopic (exact) mass is 324 g/mol. The molecule has 0 bridgehead atoms. The average molecular weight is 325 g/mol. The van der Waals surface area contributed by atoms with Gasteiger partial charge in [0, 0.05) is 11.6 Å². The molecule has 0 aliphatic heterocycles. The van der Waals surface area contributed by atoms with E-state index in [1.807, 2.05) is 0 Å². The fourth-order valence-electron chi connectivity index (χ4n) is 1.74. The van der Waals surface area contributed by atoms with E-state index in [1.165, 1.54) is 12.2 Å². The van der Waals surface area contributed by atoms with Crippen molar-refractivity contribution in [2.24, 2.45) is 0 Å². The first-order valence-corrected chi connectivity index (χ1v) is 8.26. The lowest BCUT2D eigenvalue weighted by Gasteiger charge is -2.02. The first-order chi connectivity index (χ1) is 9.92. The molecule has 0 spiro atoms. The van der Waals surface area contributed by atoms with Crippen LogP contribution in [0.4, 0.5) is 0 Å². The van der Waals surface area contributed by atoms with Crippen LogP contribution in [-0.4, -0.2) is 19.4 Å². The predicted molar refractivity (Wildman–Crippen MR) is 81.8 cm³/mol. The molecule has 0 saturated carbocycles. The zero-order chi connectivity index (χ0) is 15.5. The predicted octanol–water partition coefficient (Wildman–Crippen LogP) is 3.52. The van der Waals surface area contributed by atoms with Gasteiger partial charge >= 0.3 is 0 Å². The first-order valence-electron chi connectivity index (χ1n) is 6.23. The summed E-state index contributed by atoms with van der Waals surface area (Å²) in [7, 11) is -3.20. The SMILES string of the molecule is CCS(=O)(=O)c1ccc(-c2ccc(/C=C/C(=O)Cl)o2)cc1. The average Bonchev–Trinajstić information content (AvgIpc) is 2.94. The Morgan fingerprint density at radius 1 is 1.19 bits per heavy atom. The number of benzene rings is 1. The first kappa shape index (κ1) is 15.5. The molecule has 110 valence electrons. The summed E-state index contributed by atoms with van der Waals surface area (Å²) >= 11 is 5.20. The van der Waals surface area contributed by atoms with Gasteiger partial charge in [-0.2, -0.15) is 0 Å². The van der Waals surface area contributed by atoms with Crippen LogP contribution in [-0.2, 0) is 14.6 Å². The quantitative estimate of drug-likeness (QED) is 0.623. The lowest BCUT2D eigenvalue weighted by molar-refractivity contribution is -0.107. The van der Waals surface area contributed by atoms with E-state index in [0.717, 1.165) is 5.56 Å². The van der Waals surface area contributed by atoms with Crippen LogP contribution in [0.15, 0.2) is 51.8 Å². The van der Waals surface area contributed by atoms with Crippen molar-refractivity contribution in [1.29, 1.82) is 0 Å². The molecular weight excluding hydrogens is 312 g/mol. The third kappa shape index (κ3) is 3.83. The molecule has 1 heterocycles. The van der Waals surface area contributed by atoms with E-state index in [-0.39, 0.29) is 10.6 Å². The van der Waals surface area contributed by atoms with Crippen molar-refractivity contribution >= 4 is 32.8 Å². The van der Waals surface area contributed by atoms with Crippen LogP contribution >= 0.6 is 11.6 Å². The normalized spacial score (nSPS) is 11.9. The van der Waals surface area contributed by atoms with E-state index in [2.05, 4.69) is 0 Å². The van der Waals surface area contributed by atoms with Gasteiger partial charge in [0.15, 0.2) is 9.84 Å². The van der Waals surface area contributed by atoms with Crippen molar-refractivity contribution in [3.8, 4) is 11.3 Å². The van der Waals surface area contributed by atoms with Gasteiger partial charge in [-0.15, -0.1) is 0 Å². The second kappa shape index (κ2) is 6.28. The number of hydrogen-bond donors (Lipinski definition) is 0. The van der Waals surface area contributed by atoms with Crippen molar-refractivity contribution in [3.05, 3.63) is 48.2 Å². The number of rotatable bonds is 5. The molecule has 6 heteroatoms. The topological polar surface area (TPSA) is 64.3 Å². The van der Waals surface area contributed by atoms with Gasteiger partial charge in [0.25, 0.3) is 0 Å². The van der Waals surface area contributed by atoms with Gasteiger partial charge in [-0.05, 0) is 54.1 Å². The molecule has 2 rings (SSSR count). The Bertz CT molecular complexity index is 770. The number of halogens is 1.